The van der Waals surface area contributed by atoms with Crippen molar-refractivity contribution < 1.29 is 0 Å². The van der Waals surface area contributed by atoms with Crippen LogP contribution >= 0.6 is 0 Å². The minimum absolute atomic E-state index is 0.290. The average molecular weight is 207 g/mol. The van der Waals surface area contributed by atoms with E-state index in [1.165, 1.54) is 0 Å². The van der Waals surface area contributed by atoms with Crippen LogP contribution in [-0.4, -0.2) is 16.9 Å². The van der Waals surface area contributed by atoms with E-state index in [-0.39, 0.29) is 8.80 Å². The van der Waals surface area contributed by atoms with Crippen molar-refractivity contribution in [2.75, 3.05) is 0 Å². The van der Waals surface area contributed by atoms with E-state index in [2.05, 4.69) is 57.0 Å². The molecule has 0 heterocycles. The van der Waals surface area contributed by atoms with Gasteiger partial charge in [0, 0.05) is 0 Å². The predicted molar refractivity (Wildman–Crippen MR) is 66.5 cm³/mol. The molecule has 1 aromatic rings. The molecule has 0 saturated heterocycles. The standard InChI is InChI=1S/C11H19Si2/c1-12(2)10-8-6-7-9-11(10)13(3,4)5/h6-9H,1-5H3. The molecular formula is C11H19Si2. The van der Waals surface area contributed by atoms with Gasteiger partial charge < -0.3 is 0 Å². The zero-order valence-electron chi connectivity index (χ0n) is 9.31. The summed E-state index contributed by atoms with van der Waals surface area (Å²) in [4.78, 5) is 0. The van der Waals surface area contributed by atoms with E-state index in [0.717, 1.165) is 0 Å². The Morgan fingerprint density at radius 3 is 1.92 bits per heavy atom. The van der Waals surface area contributed by atoms with Crippen LogP contribution < -0.4 is 10.4 Å². The summed E-state index contributed by atoms with van der Waals surface area (Å²) in [7, 11) is -1.40. The Morgan fingerprint density at radius 1 is 1.00 bits per heavy atom. The normalized spacial score (nSPS) is 12.2. The highest BCUT2D eigenvalue weighted by atomic mass is 28.3. The molecule has 71 valence electrons. The van der Waals surface area contributed by atoms with Crippen molar-refractivity contribution in [1.82, 2.24) is 0 Å². The maximum absolute atomic E-state index is 2.43. The molecule has 0 saturated carbocycles. The van der Waals surface area contributed by atoms with Gasteiger partial charge in [-0.05, 0) is 0 Å². The van der Waals surface area contributed by atoms with Gasteiger partial charge in [0.05, 0.1) is 16.9 Å². The summed E-state index contributed by atoms with van der Waals surface area (Å²) in [6.07, 6.45) is 0. The third-order valence-electron chi connectivity index (χ3n) is 2.27. The zero-order valence-corrected chi connectivity index (χ0v) is 11.3. The van der Waals surface area contributed by atoms with Gasteiger partial charge in [-0.3, -0.25) is 0 Å². The Labute approximate surface area is 84.6 Å². The van der Waals surface area contributed by atoms with E-state index in [1.54, 1.807) is 10.4 Å². The summed E-state index contributed by atoms with van der Waals surface area (Å²) in [5.41, 5.74) is 0. The van der Waals surface area contributed by atoms with Crippen LogP contribution in [0.15, 0.2) is 24.3 Å². The van der Waals surface area contributed by atoms with Crippen LogP contribution in [0.3, 0.4) is 0 Å². The molecule has 13 heavy (non-hydrogen) atoms. The van der Waals surface area contributed by atoms with Crippen LogP contribution in [0.2, 0.25) is 32.7 Å². The second-order valence-corrected chi connectivity index (χ2v) is 12.4. The lowest BCUT2D eigenvalue weighted by Gasteiger charge is -2.22. The quantitative estimate of drug-likeness (QED) is 0.652. The molecule has 0 amide bonds. The molecule has 0 aliphatic carbocycles. The highest BCUT2D eigenvalue weighted by Gasteiger charge is 2.20. The van der Waals surface area contributed by atoms with E-state index in [9.17, 15) is 0 Å². The minimum Gasteiger partial charge on any atom is -0.0671 e. The first-order chi connectivity index (χ1) is 5.93. The van der Waals surface area contributed by atoms with Crippen molar-refractivity contribution in [3.8, 4) is 0 Å². The van der Waals surface area contributed by atoms with Crippen LogP contribution in [0, 0.1) is 0 Å². The SMILES string of the molecule is C[Si](C)c1ccccc1[Si](C)(C)C. The minimum atomic E-state index is -1.12. The molecule has 1 aromatic carbocycles. The molecule has 1 rings (SSSR count). The number of hydrogen-bond acceptors (Lipinski definition) is 0. The van der Waals surface area contributed by atoms with E-state index < -0.39 is 8.07 Å². The monoisotopic (exact) mass is 207 g/mol. The summed E-state index contributed by atoms with van der Waals surface area (Å²) in [6.45, 7) is 12.0. The third kappa shape index (κ3) is 2.55. The first kappa shape index (κ1) is 10.7. The first-order valence-electron chi connectivity index (χ1n) is 4.83. The van der Waals surface area contributed by atoms with Gasteiger partial charge in [-0.25, -0.2) is 0 Å². The van der Waals surface area contributed by atoms with Gasteiger partial charge in [-0.15, -0.1) is 0 Å². The second kappa shape index (κ2) is 3.80. The Kier molecular flexibility index (Phi) is 3.14. The molecule has 0 atom stereocenters. The topological polar surface area (TPSA) is 0 Å². The molecule has 0 aliphatic heterocycles. The van der Waals surface area contributed by atoms with Crippen molar-refractivity contribution in [2.24, 2.45) is 0 Å². The van der Waals surface area contributed by atoms with Crippen molar-refractivity contribution in [2.45, 2.75) is 32.7 Å². The fourth-order valence-corrected chi connectivity index (χ4v) is 5.99. The predicted octanol–water partition coefficient (Wildman–Crippen LogP) is 2.19. The van der Waals surface area contributed by atoms with Crippen LogP contribution in [0.25, 0.3) is 0 Å². The van der Waals surface area contributed by atoms with E-state index in [4.69, 9.17) is 0 Å². The molecule has 0 spiro atoms. The van der Waals surface area contributed by atoms with Crippen molar-refractivity contribution in [3.63, 3.8) is 0 Å². The summed E-state index contributed by atoms with van der Waals surface area (Å²) < 4.78 is 0. The molecule has 0 fully saturated rings. The second-order valence-electron chi connectivity index (χ2n) is 4.80. The molecule has 0 N–H and O–H groups in total. The fraction of sp³-hybridized carbons (Fsp3) is 0.455. The summed E-state index contributed by atoms with van der Waals surface area (Å²) in [5, 5.41) is 3.31. The van der Waals surface area contributed by atoms with Crippen molar-refractivity contribution in [1.29, 1.82) is 0 Å². The molecule has 0 nitrogen and oxygen atoms in total. The van der Waals surface area contributed by atoms with E-state index in [1.807, 2.05) is 0 Å². The number of hydrogen-bond donors (Lipinski definition) is 0. The van der Waals surface area contributed by atoms with Crippen LogP contribution in [0.5, 0.6) is 0 Å². The first-order valence-corrected chi connectivity index (χ1v) is 10.8. The molecule has 0 unspecified atom stereocenters. The lowest BCUT2D eigenvalue weighted by atomic mass is 10.4. The lowest BCUT2D eigenvalue weighted by molar-refractivity contribution is 1.70. The van der Waals surface area contributed by atoms with Gasteiger partial charge in [0.1, 0.15) is 0 Å². The van der Waals surface area contributed by atoms with Gasteiger partial charge in [0.25, 0.3) is 0 Å². The Hall–Kier alpha value is -0.346. The summed E-state index contributed by atoms with van der Waals surface area (Å²) >= 11 is 0. The van der Waals surface area contributed by atoms with Crippen LogP contribution in [0.1, 0.15) is 0 Å². The zero-order chi connectivity index (χ0) is 10.1. The average Bonchev–Trinajstić information content (AvgIpc) is 2.03. The van der Waals surface area contributed by atoms with Crippen LogP contribution in [0.4, 0.5) is 0 Å². The molecule has 0 bridgehead atoms. The van der Waals surface area contributed by atoms with Gasteiger partial charge in [-0.1, -0.05) is 67.4 Å². The Bertz CT molecular complexity index is 284. The Balaban J connectivity index is 3.20. The maximum Gasteiger partial charge on any atom is 0.0790 e. The van der Waals surface area contributed by atoms with Crippen molar-refractivity contribution in [3.05, 3.63) is 24.3 Å². The highest BCUT2D eigenvalue weighted by molar-refractivity contribution is 6.93. The number of benzene rings is 1. The molecule has 0 aliphatic rings. The van der Waals surface area contributed by atoms with Crippen LogP contribution in [-0.2, 0) is 0 Å². The molecule has 0 aromatic heterocycles. The summed E-state index contributed by atoms with van der Waals surface area (Å²) in [5.74, 6) is 0. The lowest BCUT2D eigenvalue weighted by Crippen LogP contribution is -2.51. The van der Waals surface area contributed by atoms with Gasteiger partial charge in [0.2, 0.25) is 0 Å². The van der Waals surface area contributed by atoms with Gasteiger partial charge >= 0.3 is 0 Å². The molecule has 2 heteroatoms. The van der Waals surface area contributed by atoms with Gasteiger partial charge in [-0.2, -0.15) is 0 Å². The van der Waals surface area contributed by atoms with E-state index >= 15 is 0 Å². The van der Waals surface area contributed by atoms with Crippen molar-refractivity contribution >= 4 is 27.2 Å². The van der Waals surface area contributed by atoms with E-state index in [0.29, 0.717) is 0 Å². The highest BCUT2D eigenvalue weighted by Crippen LogP contribution is 2.01. The molecule has 1 radical (unpaired) electrons. The van der Waals surface area contributed by atoms with Gasteiger partial charge in [0.15, 0.2) is 0 Å². The Morgan fingerprint density at radius 2 is 1.54 bits per heavy atom. The maximum atomic E-state index is 2.43. The fourth-order valence-electron chi connectivity index (χ4n) is 1.57. The molecular weight excluding hydrogens is 188 g/mol. The third-order valence-corrected chi connectivity index (χ3v) is 6.09. The summed E-state index contributed by atoms with van der Waals surface area (Å²) in [6, 6.07) is 9.01. The smallest absolute Gasteiger partial charge is 0.0671 e. The largest absolute Gasteiger partial charge is 0.0790 e. The number of rotatable bonds is 2.